The SMILES string of the molecule is Cc1ccc(N2C[C@@H](C)Cn3c2nc2c3c(=O)[nH]c(=O)n2C)cc1C. The molecule has 3 aromatic rings. The Labute approximate surface area is 144 Å². The monoisotopic (exact) mass is 339 g/mol. The summed E-state index contributed by atoms with van der Waals surface area (Å²) in [6.07, 6.45) is 0. The molecule has 1 aliphatic rings. The Balaban J connectivity index is 2.00. The van der Waals surface area contributed by atoms with Gasteiger partial charge in [-0.15, -0.1) is 0 Å². The number of nitrogens with one attached hydrogen (secondary N) is 1. The summed E-state index contributed by atoms with van der Waals surface area (Å²) in [7, 11) is 1.63. The lowest BCUT2D eigenvalue weighted by Gasteiger charge is -2.33. The standard InChI is InChI=1S/C18H21N5O2/c1-10-8-22(13-6-5-11(2)12(3)7-13)17-19-15-14(23(17)9-10)16(24)20-18(25)21(15)4/h5-7,10H,8-9H2,1-4H3,(H,20,24,25)/t10-/m1/s1. The predicted octanol–water partition coefficient (Wildman–Crippen LogP) is 1.83. The number of benzene rings is 1. The van der Waals surface area contributed by atoms with E-state index >= 15 is 0 Å². The number of aromatic nitrogens is 4. The second kappa shape index (κ2) is 5.34. The maximum Gasteiger partial charge on any atom is 0.329 e. The Morgan fingerprint density at radius 3 is 2.64 bits per heavy atom. The molecule has 7 heteroatoms. The zero-order chi connectivity index (χ0) is 17.9. The lowest BCUT2D eigenvalue weighted by atomic mass is 10.1. The first-order valence-electron chi connectivity index (χ1n) is 8.41. The Bertz CT molecular complexity index is 1110. The van der Waals surface area contributed by atoms with Gasteiger partial charge >= 0.3 is 5.69 Å². The Morgan fingerprint density at radius 2 is 1.92 bits per heavy atom. The van der Waals surface area contributed by atoms with E-state index in [1.54, 1.807) is 7.05 Å². The minimum atomic E-state index is -0.446. The number of H-pyrrole nitrogens is 1. The minimum absolute atomic E-state index is 0.350. The van der Waals surface area contributed by atoms with Crippen LogP contribution in [0.1, 0.15) is 18.1 Å². The van der Waals surface area contributed by atoms with Crippen LogP contribution in [0.5, 0.6) is 0 Å². The summed E-state index contributed by atoms with van der Waals surface area (Å²) in [5.74, 6) is 1.06. The molecule has 1 aromatic carbocycles. The van der Waals surface area contributed by atoms with Crippen LogP contribution in [0.4, 0.5) is 11.6 Å². The summed E-state index contributed by atoms with van der Waals surface area (Å²) >= 11 is 0. The van der Waals surface area contributed by atoms with Crippen molar-refractivity contribution in [1.29, 1.82) is 0 Å². The summed E-state index contributed by atoms with van der Waals surface area (Å²) in [6.45, 7) is 7.84. The maximum atomic E-state index is 12.4. The van der Waals surface area contributed by atoms with Gasteiger partial charge in [-0.1, -0.05) is 13.0 Å². The fourth-order valence-electron chi connectivity index (χ4n) is 3.48. The largest absolute Gasteiger partial charge is 0.329 e. The van der Waals surface area contributed by atoms with Crippen LogP contribution in [0.25, 0.3) is 11.2 Å². The van der Waals surface area contributed by atoms with E-state index in [1.165, 1.54) is 15.7 Å². The van der Waals surface area contributed by atoms with E-state index in [2.05, 4.69) is 53.8 Å². The molecule has 1 atom stereocenters. The molecule has 0 saturated carbocycles. The Kier molecular flexibility index (Phi) is 3.35. The fraction of sp³-hybridized carbons (Fsp3) is 0.389. The number of fused-ring (bicyclic) bond motifs is 3. The zero-order valence-corrected chi connectivity index (χ0v) is 14.8. The van der Waals surface area contributed by atoms with Gasteiger partial charge in [0, 0.05) is 25.8 Å². The highest BCUT2D eigenvalue weighted by Gasteiger charge is 2.28. The molecule has 0 spiro atoms. The normalized spacial score (nSPS) is 17.1. The topological polar surface area (TPSA) is 75.9 Å². The van der Waals surface area contributed by atoms with Crippen LogP contribution in [0.3, 0.4) is 0 Å². The molecule has 0 radical (unpaired) electrons. The molecule has 0 unspecified atom stereocenters. The number of hydrogen-bond donors (Lipinski definition) is 1. The summed E-state index contributed by atoms with van der Waals surface area (Å²) in [6, 6.07) is 6.31. The molecule has 3 heterocycles. The summed E-state index contributed by atoms with van der Waals surface area (Å²) < 4.78 is 3.32. The highest BCUT2D eigenvalue weighted by atomic mass is 16.2. The van der Waals surface area contributed by atoms with Crippen molar-refractivity contribution in [3.63, 3.8) is 0 Å². The third kappa shape index (κ3) is 2.30. The number of nitrogens with zero attached hydrogens (tertiary/aromatic N) is 4. The first-order chi connectivity index (χ1) is 11.9. The fourth-order valence-corrected chi connectivity index (χ4v) is 3.48. The highest BCUT2D eigenvalue weighted by molar-refractivity contribution is 5.77. The first-order valence-corrected chi connectivity index (χ1v) is 8.41. The molecule has 0 saturated heterocycles. The zero-order valence-electron chi connectivity index (χ0n) is 14.8. The van der Waals surface area contributed by atoms with Crippen LogP contribution in [0.15, 0.2) is 27.8 Å². The van der Waals surface area contributed by atoms with Gasteiger partial charge in [0.15, 0.2) is 11.2 Å². The van der Waals surface area contributed by atoms with Crippen LogP contribution in [-0.4, -0.2) is 25.6 Å². The van der Waals surface area contributed by atoms with Crippen molar-refractivity contribution in [1.82, 2.24) is 19.1 Å². The third-order valence-corrected chi connectivity index (χ3v) is 5.02. The molecule has 130 valence electrons. The van der Waals surface area contributed by atoms with Crippen molar-refractivity contribution < 1.29 is 0 Å². The molecule has 0 fully saturated rings. The van der Waals surface area contributed by atoms with Crippen LogP contribution in [-0.2, 0) is 13.6 Å². The predicted molar refractivity (Wildman–Crippen MR) is 97.7 cm³/mol. The van der Waals surface area contributed by atoms with Crippen LogP contribution >= 0.6 is 0 Å². The van der Waals surface area contributed by atoms with Crippen LogP contribution in [0, 0.1) is 19.8 Å². The number of aromatic amines is 1. The molecule has 0 amide bonds. The van der Waals surface area contributed by atoms with Crippen molar-refractivity contribution >= 4 is 22.8 Å². The third-order valence-electron chi connectivity index (χ3n) is 5.02. The smallest absolute Gasteiger partial charge is 0.312 e. The maximum absolute atomic E-state index is 12.4. The molecule has 7 nitrogen and oxygen atoms in total. The summed E-state index contributed by atoms with van der Waals surface area (Å²) in [4.78, 5) is 33.5. The second-order valence-electron chi connectivity index (χ2n) is 7.00. The highest BCUT2D eigenvalue weighted by Crippen LogP contribution is 2.33. The van der Waals surface area contributed by atoms with Crippen LogP contribution in [0.2, 0.25) is 0 Å². The van der Waals surface area contributed by atoms with Gasteiger partial charge in [0.25, 0.3) is 5.56 Å². The molecule has 0 aliphatic carbocycles. The molecular weight excluding hydrogens is 318 g/mol. The number of anilines is 2. The van der Waals surface area contributed by atoms with Crippen molar-refractivity contribution in [2.24, 2.45) is 13.0 Å². The number of rotatable bonds is 1. The second-order valence-corrected chi connectivity index (χ2v) is 7.00. The Hall–Kier alpha value is -2.83. The quantitative estimate of drug-likeness (QED) is 0.734. The van der Waals surface area contributed by atoms with Crippen molar-refractivity contribution in [2.45, 2.75) is 27.3 Å². The van der Waals surface area contributed by atoms with Gasteiger partial charge in [0.1, 0.15) is 0 Å². The van der Waals surface area contributed by atoms with Gasteiger partial charge in [0.2, 0.25) is 5.95 Å². The van der Waals surface area contributed by atoms with Gasteiger partial charge < -0.3 is 9.47 Å². The average molecular weight is 339 g/mol. The van der Waals surface area contributed by atoms with E-state index in [0.29, 0.717) is 29.6 Å². The van der Waals surface area contributed by atoms with E-state index < -0.39 is 5.69 Å². The number of aryl methyl sites for hydroxylation is 3. The van der Waals surface area contributed by atoms with Gasteiger partial charge in [-0.25, -0.2) is 4.79 Å². The van der Waals surface area contributed by atoms with E-state index in [0.717, 1.165) is 12.2 Å². The lowest BCUT2D eigenvalue weighted by Crippen LogP contribution is -2.35. The molecule has 25 heavy (non-hydrogen) atoms. The van der Waals surface area contributed by atoms with Gasteiger partial charge in [0.05, 0.1) is 0 Å². The first kappa shape index (κ1) is 15.7. The van der Waals surface area contributed by atoms with Gasteiger partial charge in [-0.2, -0.15) is 4.98 Å². The molecule has 2 aromatic heterocycles. The average Bonchev–Trinajstić information content (AvgIpc) is 2.94. The van der Waals surface area contributed by atoms with Crippen molar-refractivity contribution in [2.75, 3.05) is 11.4 Å². The van der Waals surface area contributed by atoms with Crippen LogP contribution < -0.4 is 16.1 Å². The number of hydrogen-bond acceptors (Lipinski definition) is 4. The minimum Gasteiger partial charge on any atom is -0.312 e. The van der Waals surface area contributed by atoms with E-state index in [1.807, 2.05) is 4.57 Å². The number of imidazole rings is 1. The molecule has 1 N–H and O–H groups in total. The molecular formula is C18H21N5O2. The van der Waals surface area contributed by atoms with Crippen molar-refractivity contribution in [3.8, 4) is 0 Å². The lowest BCUT2D eigenvalue weighted by molar-refractivity contribution is 0.458. The van der Waals surface area contributed by atoms with E-state index in [4.69, 9.17) is 0 Å². The van der Waals surface area contributed by atoms with Crippen molar-refractivity contribution in [3.05, 3.63) is 50.2 Å². The van der Waals surface area contributed by atoms with Gasteiger partial charge in [-0.3, -0.25) is 14.3 Å². The molecule has 4 rings (SSSR count). The Morgan fingerprint density at radius 1 is 1.16 bits per heavy atom. The molecule has 0 bridgehead atoms. The van der Waals surface area contributed by atoms with Gasteiger partial charge in [-0.05, 0) is 43.0 Å². The van der Waals surface area contributed by atoms with E-state index in [-0.39, 0.29) is 5.56 Å². The summed E-state index contributed by atoms with van der Waals surface area (Å²) in [5, 5.41) is 0. The molecule has 1 aliphatic heterocycles. The summed E-state index contributed by atoms with van der Waals surface area (Å²) in [5.41, 5.74) is 3.55. The van der Waals surface area contributed by atoms with E-state index in [9.17, 15) is 9.59 Å².